The van der Waals surface area contributed by atoms with Crippen LogP contribution >= 0.6 is 11.6 Å². The molecule has 1 atom stereocenters. The number of ether oxygens (including phenoxy) is 2. The molecule has 41 heavy (non-hydrogen) atoms. The van der Waals surface area contributed by atoms with Crippen molar-refractivity contribution in [2.45, 2.75) is 44.9 Å². The third kappa shape index (κ3) is 8.62. The van der Waals surface area contributed by atoms with Crippen molar-refractivity contribution in [3.05, 3.63) is 119 Å². The third-order valence-corrected chi connectivity index (χ3v) is 6.71. The maximum Gasteiger partial charge on any atom is 0.461 e. The molecule has 0 heterocycles. The van der Waals surface area contributed by atoms with Crippen LogP contribution in [0, 0.1) is 0 Å². The quantitative estimate of drug-likeness (QED) is 0.159. The number of benzene rings is 4. The smallest absolute Gasteiger partial charge is 0.457 e. The Labute approximate surface area is 241 Å². The van der Waals surface area contributed by atoms with Gasteiger partial charge in [-0.1, -0.05) is 67.1 Å². The molecule has 0 amide bonds. The topological polar surface area (TPSA) is 41.9 Å². The number of rotatable bonds is 13. The first-order valence-electron chi connectivity index (χ1n) is 13.1. The number of aliphatic hydroxyl groups is 1. The van der Waals surface area contributed by atoms with Crippen LogP contribution in [0.3, 0.4) is 0 Å². The third-order valence-electron chi connectivity index (χ3n) is 6.34. The highest BCUT2D eigenvalue weighted by molar-refractivity contribution is 6.31. The zero-order chi connectivity index (χ0) is 29.4. The highest BCUT2D eigenvalue weighted by Gasteiger charge is 2.44. The fourth-order valence-electron chi connectivity index (χ4n) is 4.36. The summed E-state index contributed by atoms with van der Waals surface area (Å²) < 4.78 is 62.8. The van der Waals surface area contributed by atoms with Crippen LogP contribution in [0.25, 0.3) is 0 Å². The van der Waals surface area contributed by atoms with Crippen molar-refractivity contribution < 1.29 is 32.1 Å². The van der Waals surface area contributed by atoms with Gasteiger partial charge in [0.2, 0.25) is 0 Å². The van der Waals surface area contributed by atoms with Crippen molar-refractivity contribution in [1.82, 2.24) is 0 Å². The fourth-order valence-corrected chi connectivity index (χ4v) is 4.61. The molecule has 0 aliphatic heterocycles. The van der Waals surface area contributed by atoms with E-state index < -0.39 is 18.6 Å². The lowest BCUT2D eigenvalue weighted by Crippen LogP contribution is -2.34. The van der Waals surface area contributed by atoms with Crippen LogP contribution in [0.2, 0.25) is 5.02 Å². The summed E-state index contributed by atoms with van der Waals surface area (Å²) in [5, 5.41) is 11.6. The summed E-state index contributed by atoms with van der Waals surface area (Å²) in [7, 11) is 0. The lowest BCUT2D eigenvalue weighted by molar-refractivity contribution is -0.253. The average molecular weight is 588 g/mol. The standard InChI is InChI=1S/C32H30ClF4NO3/c1-2-24-18-28(14-15-30(24)33)40-27-12-7-11-25(19-27)38(21-26(39)16-22-8-4-3-5-9-22)20-23-10-6-13-29(17-23)41-32(36,37)31(34)35/h3-15,17-19,26,31,39H,2,16,20-21H2,1H3. The first kappa shape index (κ1) is 30.2. The van der Waals surface area contributed by atoms with E-state index in [2.05, 4.69) is 4.74 Å². The molecule has 4 aromatic rings. The summed E-state index contributed by atoms with van der Waals surface area (Å²) >= 11 is 6.24. The van der Waals surface area contributed by atoms with Crippen LogP contribution in [-0.2, 0) is 19.4 Å². The molecule has 0 aliphatic rings. The summed E-state index contributed by atoms with van der Waals surface area (Å²) in [5.74, 6) is 0.774. The van der Waals surface area contributed by atoms with Crippen molar-refractivity contribution in [3.63, 3.8) is 0 Å². The molecule has 0 bridgehead atoms. The van der Waals surface area contributed by atoms with E-state index in [0.717, 1.165) is 17.5 Å². The van der Waals surface area contributed by atoms with Crippen LogP contribution in [0.4, 0.5) is 23.2 Å². The Morgan fingerprint density at radius 1 is 0.829 bits per heavy atom. The number of hydrogen-bond donors (Lipinski definition) is 1. The zero-order valence-corrected chi connectivity index (χ0v) is 23.1. The minimum absolute atomic E-state index is 0.174. The summed E-state index contributed by atoms with van der Waals surface area (Å²) in [5.41, 5.74) is 3.13. The first-order valence-corrected chi connectivity index (χ1v) is 13.5. The van der Waals surface area contributed by atoms with Crippen LogP contribution < -0.4 is 14.4 Å². The van der Waals surface area contributed by atoms with Gasteiger partial charge in [0.25, 0.3) is 0 Å². The molecule has 4 nitrogen and oxygen atoms in total. The fraction of sp³-hybridized carbons (Fsp3) is 0.250. The van der Waals surface area contributed by atoms with Crippen molar-refractivity contribution in [2.24, 2.45) is 0 Å². The van der Waals surface area contributed by atoms with Gasteiger partial charge in [-0.2, -0.15) is 17.6 Å². The largest absolute Gasteiger partial charge is 0.461 e. The molecule has 4 aromatic carbocycles. The van der Waals surface area contributed by atoms with Gasteiger partial charge in [-0.3, -0.25) is 0 Å². The van der Waals surface area contributed by atoms with Crippen molar-refractivity contribution in [3.8, 4) is 17.2 Å². The summed E-state index contributed by atoms with van der Waals surface area (Å²) in [6, 6.07) is 27.8. The van der Waals surface area contributed by atoms with E-state index in [-0.39, 0.29) is 18.8 Å². The minimum atomic E-state index is -4.62. The van der Waals surface area contributed by atoms with Crippen LogP contribution in [0.1, 0.15) is 23.6 Å². The van der Waals surface area contributed by atoms with Gasteiger partial charge in [-0.15, -0.1) is 0 Å². The predicted octanol–water partition coefficient (Wildman–Crippen LogP) is 8.54. The van der Waals surface area contributed by atoms with Gasteiger partial charge in [-0.25, -0.2) is 0 Å². The SMILES string of the molecule is CCc1cc(Oc2cccc(N(Cc3cccc(OC(F)(F)C(F)F)c3)CC(O)Cc3ccccc3)c2)ccc1Cl. The van der Waals surface area contributed by atoms with Gasteiger partial charge in [0.15, 0.2) is 0 Å². The van der Waals surface area contributed by atoms with E-state index in [1.807, 2.05) is 54.3 Å². The van der Waals surface area contributed by atoms with Crippen LogP contribution in [-0.4, -0.2) is 30.3 Å². The molecule has 0 saturated heterocycles. The van der Waals surface area contributed by atoms with Gasteiger partial charge in [0.05, 0.1) is 6.10 Å². The highest BCUT2D eigenvalue weighted by Crippen LogP contribution is 2.31. The number of nitrogens with zero attached hydrogens (tertiary/aromatic N) is 1. The number of aliphatic hydroxyl groups excluding tert-OH is 1. The number of anilines is 1. The van der Waals surface area contributed by atoms with E-state index in [9.17, 15) is 22.7 Å². The molecule has 0 radical (unpaired) electrons. The number of aryl methyl sites for hydroxylation is 1. The van der Waals surface area contributed by atoms with E-state index in [1.54, 1.807) is 36.4 Å². The molecule has 9 heteroatoms. The number of halogens is 5. The molecule has 0 aromatic heterocycles. The minimum Gasteiger partial charge on any atom is -0.457 e. The van der Waals surface area contributed by atoms with Crippen LogP contribution in [0.5, 0.6) is 17.2 Å². The Morgan fingerprint density at radius 2 is 1.51 bits per heavy atom. The lowest BCUT2D eigenvalue weighted by atomic mass is 10.1. The summed E-state index contributed by atoms with van der Waals surface area (Å²) in [6.07, 6.45) is -8.22. The normalized spacial score (nSPS) is 12.3. The highest BCUT2D eigenvalue weighted by atomic mass is 35.5. The molecule has 0 saturated carbocycles. The number of alkyl halides is 4. The Morgan fingerprint density at radius 3 is 2.24 bits per heavy atom. The Kier molecular flexibility index (Phi) is 10.1. The van der Waals surface area contributed by atoms with Crippen molar-refractivity contribution in [1.29, 1.82) is 0 Å². The maximum atomic E-state index is 13.5. The Balaban J connectivity index is 1.59. The lowest BCUT2D eigenvalue weighted by Gasteiger charge is -2.28. The molecule has 1 N–H and O–H groups in total. The second kappa shape index (κ2) is 13.7. The molecule has 0 aliphatic carbocycles. The number of hydrogen-bond acceptors (Lipinski definition) is 4. The second-order valence-electron chi connectivity index (χ2n) is 9.54. The molecule has 216 valence electrons. The van der Waals surface area contributed by atoms with Crippen molar-refractivity contribution in [2.75, 3.05) is 11.4 Å². The molecule has 1 unspecified atom stereocenters. The predicted molar refractivity (Wildman–Crippen MR) is 153 cm³/mol. The molecular formula is C32H30ClF4NO3. The second-order valence-corrected chi connectivity index (χ2v) is 9.95. The first-order chi connectivity index (χ1) is 19.6. The molecular weight excluding hydrogens is 558 g/mol. The van der Waals surface area contributed by atoms with Crippen LogP contribution in [0.15, 0.2) is 97.1 Å². The average Bonchev–Trinajstić information content (AvgIpc) is 2.94. The van der Waals surface area contributed by atoms with E-state index in [4.69, 9.17) is 16.3 Å². The van der Waals surface area contributed by atoms with Gasteiger partial charge in [0, 0.05) is 36.3 Å². The zero-order valence-electron chi connectivity index (χ0n) is 22.3. The molecule has 0 fully saturated rings. The molecule has 0 spiro atoms. The maximum absolute atomic E-state index is 13.5. The van der Waals surface area contributed by atoms with E-state index in [0.29, 0.717) is 34.2 Å². The van der Waals surface area contributed by atoms with Gasteiger partial charge in [-0.05, 0) is 65.6 Å². The summed E-state index contributed by atoms with van der Waals surface area (Å²) in [4.78, 5) is 1.87. The monoisotopic (exact) mass is 587 g/mol. The van der Waals surface area contributed by atoms with Gasteiger partial charge >= 0.3 is 12.5 Å². The van der Waals surface area contributed by atoms with Gasteiger partial charge in [0.1, 0.15) is 17.2 Å². The Bertz CT molecular complexity index is 1420. The van der Waals surface area contributed by atoms with Crippen molar-refractivity contribution >= 4 is 17.3 Å². The van der Waals surface area contributed by atoms with E-state index >= 15 is 0 Å². The Hall–Kier alpha value is -3.75. The van der Waals surface area contributed by atoms with E-state index in [1.165, 1.54) is 18.2 Å². The molecule has 4 rings (SSSR count). The van der Waals surface area contributed by atoms with Gasteiger partial charge < -0.3 is 19.5 Å². The summed E-state index contributed by atoms with van der Waals surface area (Å²) in [6.45, 7) is 2.37.